The SMILES string of the molecule is COc1cccc2ccc(CN3CCC[C@H](c4cc(=O)[nH]c(C)n4)C3)nc12. The highest BCUT2D eigenvalue weighted by Crippen LogP contribution is 2.27. The maximum atomic E-state index is 11.8. The lowest BCUT2D eigenvalue weighted by molar-refractivity contribution is 0.196. The number of methoxy groups -OCH3 is 1. The van der Waals surface area contributed by atoms with E-state index in [-0.39, 0.29) is 11.5 Å². The lowest BCUT2D eigenvalue weighted by atomic mass is 9.94. The Kier molecular flexibility index (Phi) is 4.90. The van der Waals surface area contributed by atoms with Gasteiger partial charge in [0.2, 0.25) is 0 Å². The average molecular weight is 364 g/mol. The van der Waals surface area contributed by atoms with Crippen molar-refractivity contribution in [2.75, 3.05) is 20.2 Å². The summed E-state index contributed by atoms with van der Waals surface area (Å²) in [5.74, 6) is 1.77. The molecule has 6 heteroatoms. The molecule has 1 N–H and O–H groups in total. The van der Waals surface area contributed by atoms with Crippen LogP contribution >= 0.6 is 0 Å². The molecule has 0 bridgehead atoms. The van der Waals surface area contributed by atoms with Crippen LogP contribution in [0.3, 0.4) is 0 Å². The number of aromatic amines is 1. The molecular weight excluding hydrogens is 340 g/mol. The van der Waals surface area contributed by atoms with Crippen molar-refractivity contribution in [2.45, 2.75) is 32.2 Å². The smallest absolute Gasteiger partial charge is 0.251 e. The van der Waals surface area contributed by atoms with Crippen LogP contribution in [-0.2, 0) is 6.54 Å². The molecule has 1 aliphatic heterocycles. The monoisotopic (exact) mass is 364 g/mol. The zero-order valence-corrected chi connectivity index (χ0v) is 15.7. The van der Waals surface area contributed by atoms with Crippen LogP contribution in [0.2, 0.25) is 0 Å². The molecule has 0 radical (unpaired) electrons. The summed E-state index contributed by atoms with van der Waals surface area (Å²) in [4.78, 5) is 26.3. The van der Waals surface area contributed by atoms with E-state index in [9.17, 15) is 4.79 Å². The first-order chi connectivity index (χ1) is 13.1. The molecule has 27 heavy (non-hydrogen) atoms. The zero-order chi connectivity index (χ0) is 18.8. The number of fused-ring (bicyclic) bond motifs is 1. The van der Waals surface area contributed by atoms with Crippen molar-refractivity contribution in [1.82, 2.24) is 19.9 Å². The molecule has 1 aliphatic rings. The first kappa shape index (κ1) is 17.7. The average Bonchev–Trinajstić information content (AvgIpc) is 2.67. The standard InChI is InChI=1S/C21H24N4O2/c1-14-22-18(11-20(26)23-14)16-6-4-10-25(12-16)13-17-9-8-15-5-3-7-19(27-2)21(15)24-17/h3,5,7-9,11,16H,4,6,10,12-13H2,1-2H3,(H,22,23,26)/t16-/m0/s1. The summed E-state index contributed by atoms with van der Waals surface area (Å²) in [5.41, 5.74) is 2.76. The number of hydrogen-bond acceptors (Lipinski definition) is 5. The van der Waals surface area contributed by atoms with E-state index in [4.69, 9.17) is 9.72 Å². The maximum absolute atomic E-state index is 11.8. The van der Waals surface area contributed by atoms with Gasteiger partial charge in [-0.3, -0.25) is 9.69 Å². The molecule has 0 saturated carbocycles. The number of hydrogen-bond donors (Lipinski definition) is 1. The third-order valence-corrected chi connectivity index (χ3v) is 5.15. The summed E-state index contributed by atoms with van der Waals surface area (Å²) >= 11 is 0. The Morgan fingerprint density at radius 3 is 2.96 bits per heavy atom. The van der Waals surface area contributed by atoms with Crippen LogP contribution in [0.25, 0.3) is 10.9 Å². The Balaban J connectivity index is 1.54. The van der Waals surface area contributed by atoms with Gasteiger partial charge < -0.3 is 9.72 Å². The van der Waals surface area contributed by atoms with Crippen molar-refractivity contribution in [3.05, 3.63) is 64.0 Å². The fourth-order valence-electron chi connectivity index (χ4n) is 3.89. The summed E-state index contributed by atoms with van der Waals surface area (Å²) in [6.45, 7) is 4.54. The number of pyridine rings is 1. The highest BCUT2D eigenvalue weighted by Gasteiger charge is 2.23. The number of nitrogens with one attached hydrogen (secondary N) is 1. The van der Waals surface area contributed by atoms with Crippen molar-refractivity contribution in [1.29, 1.82) is 0 Å². The molecule has 1 aromatic carbocycles. The van der Waals surface area contributed by atoms with Gasteiger partial charge in [0.15, 0.2) is 0 Å². The molecule has 0 unspecified atom stereocenters. The van der Waals surface area contributed by atoms with Gasteiger partial charge in [-0.25, -0.2) is 9.97 Å². The number of aromatic nitrogens is 3. The molecule has 3 heterocycles. The summed E-state index contributed by atoms with van der Waals surface area (Å²) in [5, 5.41) is 1.08. The van der Waals surface area contributed by atoms with Gasteiger partial charge in [-0.1, -0.05) is 18.2 Å². The molecule has 1 saturated heterocycles. The number of aryl methyl sites for hydroxylation is 1. The van der Waals surface area contributed by atoms with E-state index < -0.39 is 0 Å². The number of benzene rings is 1. The molecule has 4 rings (SSSR count). The largest absolute Gasteiger partial charge is 0.494 e. The van der Waals surface area contributed by atoms with Crippen molar-refractivity contribution < 1.29 is 4.74 Å². The van der Waals surface area contributed by atoms with Crippen molar-refractivity contribution in [2.24, 2.45) is 0 Å². The second-order valence-corrected chi connectivity index (χ2v) is 7.16. The minimum atomic E-state index is -0.0714. The molecule has 0 amide bonds. The molecule has 3 aromatic rings. The van der Waals surface area contributed by atoms with E-state index in [2.05, 4.69) is 27.0 Å². The van der Waals surface area contributed by atoms with Gasteiger partial charge >= 0.3 is 0 Å². The highest BCUT2D eigenvalue weighted by atomic mass is 16.5. The van der Waals surface area contributed by atoms with Crippen LogP contribution in [0.5, 0.6) is 5.75 Å². The van der Waals surface area contributed by atoms with E-state index in [1.165, 1.54) is 0 Å². The highest BCUT2D eigenvalue weighted by molar-refractivity contribution is 5.84. The van der Waals surface area contributed by atoms with Crippen LogP contribution in [0, 0.1) is 6.92 Å². The summed E-state index contributed by atoms with van der Waals surface area (Å²) in [7, 11) is 1.68. The van der Waals surface area contributed by atoms with E-state index in [1.807, 2.05) is 25.1 Å². The van der Waals surface area contributed by atoms with Gasteiger partial charge in [-0.2, -0.15) is 0 Å². The van der Waals surface area contributed by atoms with Gasteiger partial charge in [0.05, 0.1) is 18.5 Å². The van der Waals surface area contributed by atoms with Gasteiger partial charge in [0.1, 0.15) is 17.1 Å². The summed E-state index contributed by atoms with van der Waals surface area (Å²) < 4.78 is 5.45. The number of rotatable bonds is 4. The second-order valence-electron chi connectivity index (χ2n) is 7.16. The second kappa shape index (κ2) is 7.48. The van der Waals surface area contributed by atoms with Crippen LogP contribution in [-0.4, -0.2) is 40.1 Å². The number of piperidine rings is 1. The number of nitrogens with zero attached hydrogens (tertiary/aromatic N) is 3. The number of ether oxygens (including phenoxy) is 1. The van der Waals surface area contributed by atoms with Gasteiger partial charge in [0.25, 0.3) is 5.56 Å². The normalized spacial score (nSPS) is 17.9. The van der Waals surface area contributed by atoms with Crippen LogP contribution in [0.1, 0.15) is 36.0 Å². The first-order valence-corrected chi connectivity index (χ1v) is 9.35. The minimum Gasteiger partial charge on any atom is -0.494 e. The summed E-state index contributed by atoms with van der Waals surface area (Å²) in [6.07, 6.45) is 2.15. The molecule has 2 aromatic heterocycles. The molecule has 1 atom stereocenters. The van der Waals surface area contributed by atoms with Crippen LogP contribution in [0.15, 0.2) is 41.2 Å². The predicted octanol–water partition coefficient (Wildman–Crippen LogP) is 3.01. The van der Waals surface area contributed by atoms with Gasteiger partial charge in [0, 0.05) is 30.5 Å². The zero-order valence-electron chi connectivity index (χ0n) is 15.7. The Morgan fingerprint density at radius 2 is 2.15 bits per heavy atom. The number of likely N-dealkylation sites (tertiary alicyclic amines) is 1. The Bertz CT molecular complexity index is 1010. The van der Waals surface area contributed by atoms with Crippen LogP contribution < -0.4 is 10.3 Å². The molecule has 0 spiro atoms. The summed E-state index contributed by atoms with van der Waals surface area (Å²) in [6, 6.07) is 11.8. The van der Waals surface area contributed by atoms with E-state index in [0.29, 0.717) is 5.82 Å². The van der Waals surface area contributed by atoms with Crippen molar-refractivity contribution >= 4 is 10.9 Å². The molecule has 6 nitrogen and oxygen atoms in total. The Hall–Kier alpha value is -2.73. The molecule has 140 valence electrons. The Labute approximate surface area is 158 Å². The topological polar surface area (TPSA) is 71.1 Å². The minimum absolute atomic E-state index is 0.0714. The first-order valence-electron chi connectivity index (χ1n) is 9.35. The van der Waals surface area contributed by atoms with Crippen LogP contribution in [0.4, 0.5) is 0 Å². The number of para-hydroxylation sites is 1. The van der Waals surface area contributed by atoms with Gasteiger partial charge in [-0.15, -0.1) is 0 Å². The third-order valence-electron chi connectivity index (χ3n) is 5.15. The van der Waals surface area contributed by atoms with Gasteiger partial charge in [-0.05, 0) is 38.4 Å². The van der Waals surface area contributed by atoms with Crippen molar-refractivity contribution in [3.8, 4) is 5.75 Å². The fourth-order valence-corrected chi connectivity index (χ4v) is 3.89. The predicted molar refractivity (Wildman–Crippen MR) is 105 cm³/mol. The van der Waals surface area contributed by atoms with E-state index in [0.717, 1.165) is 60.5 Å². The fraction of sp³-hybridized carbons (Fsp3) is 0.381. The van der Waals surface area contributed by atoms with E-state index >= 15 is 0 Å². The number of H-pyrrole nitrogens is 1. The van der Waals surface area contributed by atoms with E-state index in [1.54, 1.807) is 13.2 Å². The molecule has 0 aliphatic carbocycles. The molecular formula is C21H24N4O2. The maximum Gasteiger partial charge on any atom is 0.251 e. The quantitative estimate of drug-likeness (QED) is 0.770. The molecule has 1 fully saturated rings. The third kappa shape index (κ3) is 3.85. The van der Waals surface area contributed by atoms with Crippen molar-refractivity contribution in [3.63, 3.8) is 0 Å². The lowest BCUT2D eigenvalue weighted by Crippen LogP contribution is -2.35. The Morgan fingerprint density at radius 1 is 1.26 bits per heavy atom. The lowest BCUT2D eigenvalue weighted by Gasteiger charge is -2.32.